The van der Waals surface area contributed by atoms with Crippen molar-refractivity contribution in [3.05, 3.63) is 29.6 Å². The molecule has 0 aliphatic carbocycles. The van der Waals surface area contributed by atoms with Gasteiger partial charge in [0.25, 0.3) is 0 Å². The average Bonchev–Trinajstić information content (AvgIpc) is 2.18. The minimum absolute atomic E-state index is 0.248. The van der Waals surface area contributed by atoms with Crippen LogP contribution in [-0.4, -0.2) is 11.2 Å². The Morgan fingerprint density at radius 2 is 2.29 bits per heavy atom. The zero-order valence-corrected chi connectivity index (χ0v) is 9.38. The highest BCUT2D eigenvalue weighted by atomic mass is 32.2. The van der Waals surface area contributed by atoms with Gasteiger partial charge >= 0.3 is 0 Å². The standard InChI is InChI=1S/C10H13N3S/c1-8-4-5-10(6-12-8)9(2)14(3)13-7-11/h4-6,9H,1-3H3. The molecule has 0 bridgehead atoms. The quantitative estimate of drug-likeness (QED) is 0.699. The van der Waals surface area contributed by atoms with E-state index in [1.54, 1.807) is 0 Å². The first-order chi connectivity index (χ1) is 6.65. The third kappa shape index (κ3) is 2.64. The molecule has 0 fully saturated rings. The molecule has 74 valence electrons. The molecule has 14 heavy (non-hydrogen) atoms. The van der Waals surface area contributed by atoms with Crippen molar-refractivity contribution in [2.24, 2.45) is 4.36 Å². The van der Waals surface area contributed by atoms with E-state index in [1.165, 1.54) is 0 Å². The normalized spacial score (nSPS) is 14.7. The van der Waals surface area contributed by atoms with Crippen LogP contribution in [0.1, 0.15) is 23.4 Å². The third-order valence-electron chi connectivity index (χ3n) is 2.10. The summed E-state index contributed by atoms with van der Waals surface area (Å²) in [7, 11) is -0.248. The lowest BCUT2D eigenvalue weighted by Crippen LogP contribution is -2.00. The molecule has 2 unspecified atom stereocenters. The lowest BCUT2D eigenvalue weighted by Gasteiger charge is -2.10. The lowest BCUT2D eigenvalue weighted by atomic mass is 10.2. The number of nitriles is 1. The van der Waals surface area contributed by atoms with Crippen LogP contribution >= 0.6 is 0 Å². The van der Waals surface area contributed by atoms with E-state index in [2.05, 4.69) is 16.3 Å². The maximum atomic E-state index is 8.45. The monoisotopic (exact) mass is 207 g/mol. The van der Waals surface area contributed by atoms with Crippen molar-refractivity contribution in [3.8, 4) is 6.19 Å². The van der Waals surface area contributed by atoms with Crippen LogP contribution < -0.4 is 0 Å². The minimum Gasteiger partial charge on any atom is -0.261 e. The second kappa shape index (κ2) is 4.87. The van der Waals surface area contributed by atoms with E-state index in [1.807, 2.05) is 37.7 Å². The maximum absolute atomic E-state index is 8.45. The summed E-state index contributed by atoms with van der Waals surface area (Å²) in [5, 5.41) is 8.72. The molecule has 0 amide bonds. The van der Waals surface area contributed by atoms with Gasteiger partial charge in [-0.3, -0.25) is 4.98 Å². The van der Waals surface area contributed by atoms with E-state index in [0.717, 1.165) is 11.3 Å². The minimum atomic E-state index is -0.248. The van der Waals surface area contributed by atoms with Crippen molar-refractivity contribution in [2.45, 2.75) is 19.1 Å². The third-order valence-corrected chi connectivity index (χ3v) is 3.77. The van der Waals surface area contributed by atoms with Crippen molar-refractivity contribution in [1.29, 1.82) is 5.26 Å². The Bertz CT molecular complexity index is 375. The molecule has 0 spiro atoms. The van der Waals surface area contributed by atoms with Crippen LogP contribution in [0.5, 0.6) is 0 Å². The Hall–Kier alpha value is -1.21. The van der Waals surface area contributed by atoms with Crippen LogP contribution in [-0.2, 0) is 10.7 Å². The molecule has 1 aromatic rings. The van der Waals surface area contributed by atoms with E-state index < -0.39 is 0 Å². The summed E-state index contributed by atoms with van der Waals surface area (Å²) < 4.78 is 3.83. The maximum Gasteiger partial charge on any atom is 0.212 e. The number of nitrogens with zero attached hydrogens (tertiary/aromatic N) is 3. The molecule has 0 saturated heterocycles. The molecule has 4 heteroatoms. The summed E-state index contributed by atoms with van der Waals surface area (Å²) in [5.74, 6) is 0. The first-order valence-electron chi connectivity index (χ1n) is 4.32. The van der Waals surface area contributed by atoms with E-state index in [-0.39, 0.29) is 15.9 Å². The fourth-order valence-corrected chi connectivity index (χ4v) is 1.88. The molecule has 0 aromatic carbocycles. The highest BCUT2D eigenvalue weighted by molar-refractivity contribution is 7.86. The molecule has 1 rings (SSSR count). The van der Waals surface area contributed by atoms with Gasteiger partial charge in [0, 0.05) is 17.1 Å². The molecular formula is C10H13N3S. The Morgan fingerprint density at radius 3 is 2.79 bits per heavy atom. The summed E-state index contributed by atoms with van der Waals surface area (Å²) >= 11 is 0. The molecule has 1 aromatic heterocycles. The Labute approximate surface area is 86.9 Å². The largest absolute Gasteiger partial charge is 0.261 e. The van der Waals surface area contributed by atoms with Crippen LogP contribution in [0.15, 0.2) is 22.7 Å². The number of rotatable bonds is 2. The van der Waals surface area contributed by atoms with Gasteiger partial charge in [-0.15, -0.1) is 0 Å². The van der Waals surface area contributed by atoms with Crippen LogP contribution in [0, 0.1) is 18.4 Å². The van der Waals surface area contributed by atoms with Crippen molar-refractivity contribution in [2.75, 3.05) is 6.26 Å². The summed E-state index contributed by atoms with van der Waals surface area (Å²) in [5.41, 5.74) is 2.15. The molecule has 2 atom stereocenters. The van der Waals surface area contributed by atoms with Gasteiger partial charge < -0.3 is 0 Å². The van der Waals surface area contributed by atoms with Crippen molar-refractivity contribution < 1.29 is 0 Å². The number of hydrogen-bond donors (Lipinski definition) is 0. The summed E-state index contributed by atoms with van der Waals surface area (Å²) in [6.07, 6.45) is 5.67. The lowest BCUT2D eigenvalue weighted by molar-refractivity contribution is 1.05. The SMILES string of the molecule is Cc1ccc(C(C)/S(C)=N/C#N)cn1. The van der Waals surface area contributed by atoms with Gasteiger partial charge in [0.1, 0.15) is 0 Å². The number of aromatic nitrogens is 1. The zero-order valence-electron chi connectivity index (χ0n) is 8.56. The van der Waals surface area contributed by atoms with Gasteiger partial charge in [0.15, 0.2) is 0 Å². The van der Waals surface area contributed by atoms with Gasteiger partial charge in [-0.05, 0) is 31.7 Å². The molecule has 3 nitrogen and oxygen atoms in total. The fraction of sp³-hybridized carbons (Fsp3) is 0.400. The summed E-state index contributed by atoms with van der Waals surface area (Å²) in [6.45, 7) is 4.02. The molecule has 0 N–H and O–H groups in total. The van der Waals surface area contributed by atoms with Gasteiger partial charge in [0.05, 0.1) is 0 Å². The molecule has 0 aliphatic rings. The van der Waals surface area contributed by atoms with Crippen LogP contribution in [0.4, 0.5) is 0 Å². The summed E-state index contributed by atoms with van der Waals surface area (Å²) in [4.78, 5) is 4.22. The number of hydrogen-bond acceptors (Lipinski definition) is 3. The predicted molar refractivity (Wildman–Crippen MR) is 58.7 cm³/mol. The van der Waals surface area contributed by atoms with Crippen LogP contribution in [0.25, 0.3) is 0 Å². The number of aryl methyl sites for hydroxylation is 1. The van der Waals surface area contributed by atoms with Gasteiger partial charge in [-0.1, -0.05) is 16.8 Å². The van der Waals surface area contributed by atoms with Gasteiger partial charge in [-0.25, -0.2) is 0 Å². The topological polar surface area (TPSA) is 49.0 Å². The fourth-order valence-electron chi connectivity index (χ4n) is 1.06. The Kier molecular flexibility index (Phi) is 3.78. The predicted octanol–water partition coefficient (Wildman–Crippen LogP) is 2.36. The average molecular weight is 207 g/mol. The van der Waals surface area contributed by atoms with Crippen molar-refractivity contribution >= 4 is 10.7 Å². The van der Waals surface area contributed by atoms with E-state index in [4.69, 9.17) is 5.26 Å². The highest BCUT2D eigenvalue weighted by Gasteiger charge is 2.07. The smallest absolute Gasteiger partial charge is 0.212 e. The second-order valence-electron chi connectivity index (χ2n) is 3.09. The summed E-state index contributed by atoms with van der Waals surface area (Å²) in [6, 6.07) is 4.03. The van der Waals surface area contributed by atoms with E-state index in [9.17, 15) is 0 Å². The van der Waals surface area contributed by atoms with Crippen molar-refractivity contribution in [3.63, 3.8) is 0 Å². The first kappa shape index (κ1) is 10.9. The first-order valence-corrected chi connectivity index (χ1v) is 5.97. The molecular weight excluding hydrogens is 194 g/mol. The number of pyridine rings is 1. The molecule has 0 radical (unpaired) electrons. The van der Waals surface area contributed by atoms with Crippen molar-refractivity contribution in [1.82, 2.24) is 4.98 Å². The Balaban J connectivity index is 2.91. The molecule has 1 heterocycles. The van der Waals surface area contributed by atoms with Gasteiger partial charge in [0.2, 0.25) is 6.19 Å². The van der Waals surface area contributed by atoms with E-state index in [0.29, 0.717) is 0 Å². The molecule has 0 saturated carbocycles. The Morgan fingerprint density at radius 1 is 1.57 bits per heavy atom. The van der Waals surface area contributed by atoms with Crippen LogP contribution in [0.3, 0.4) is 0 Å². The zero-order chi connectivity index (χ0) is 10.6. The van der Waals surface area contributed by atoms with E-state index >= 15 is 0 Å². The highest BCUT2D eigenvalue weighted by Crippen LogP contribution is 2.18. The molecule has 0 aliphatic heterocycles. The van der Waals surface area contributed by atoms with Gasteiger partial charge in [-0.2, -0.15) is 9.62 Å². The van der Waals surface area contributed by atoms with Crippen LogP contribution in [0.2, 0.25) is 0 Å². The second-order valence-corrected chi connectivity index (χ2v) is 5.03.